The zero-order valence-corrected chi connectivity index (χ0v) is 13.1. The van der Waals surface area contributed by atoms with Gasteiger partial charge in [0, 0.05) is 22.9 Å². The number of alkyl halides is 3. The molecule has 0 bridgehead atoms. The molecule has 1 aromatic rings. The van der Waals surface area contributed by atoms with Crippen LogP contribution in [0, 0.1) is 0 Å². The van der Waals surface area contributed by atoms with Crippen molar-refractivity contribution in [3.05, 3.63) is 65.0 Å². The number of Topliss-reactive ketones (excluding diaryl/α,β-unsaturated/α-hetero) is 1. The van der Waals surface area contributed by atoms with Crippen molar-refractivity contribution < 1.29 is 22.4 Å². The molecule has 23 heavy (non-hydrogen) atoms. The van der Waals surface area contributed by atoms with Crippen molar-refractivity contribution in [2.24, 2.45) is 0 Å². The molecule has 0 saturated carbocycles. The van der Waals surface area contributed by atoms with Gasteiger partial charge in [0.2, 0.25) is 0 Å². The molecule has 0 amide bonds. The van der Waals surface area contributed by atoms with Crippen LogP contribution in [0.4, 0.5) is 13.2 Å². The first-order valence-electron chi connectivity index (χ1n) is 6.52. The molecule has 0 N–H and O–H groups in total. The van der Waals surface area contributed by atoms with Gasteiger partial charge in [0.05, 0.1) is 23.8 Å². The van der Waals surface area contributed by atoms with Crippen LogP contribution in [-0.4, -0.2) is 16.9 Å². The molecular weight excluding hydrogens is 331 g/mol. The first-order chi connectivity index (χ1) is 10.6. The molecule has 1 aromatic heterocycles. The predicted molar refractivity (Wildman–Crippen MR) is 81.0 cm³/mol. The second-order valence-electron chi connectivity index (χ2n) is 4.94. The summed E-state index contributed by atoms with van der Waals surface area (Å²) in [5, 5.41) is -0.127. The maximum atomic E-state index is 13.3. The van der Waals surface area contributed by atoms with Crippen LogP contribution < -0.4 is 0 Å². The largest absolute Gasteiger partial charge is 0.472 e. The Kier molecular flexibility index (Phi) is 4.56. The van der Waals surface area contributed by atoms with Crippen molar-refractivity contribution in [2.75, 3.05) is 0 Å². The minimum Gasteiger partial charge on any atom is -0.472 e. The third-order valence-electron chi connectivity index (χ3n) is 3.38. The molecule has 0 atom stereocenters. The average molecular weight is 344 g/mol. The second kappa shape index (κ2) is 6.12. The minimum atomic E-state index is -4.61. The number of ketones is 1. The molecule has 0 aliphatic carbocycles. The molecule has 122 valence electrons. The molecule has 0 radical (unpaired) electrons. The number of hydrogen-bond donors (Lipinski definition) is 0. The summed E-state index contributed by atoms with van der Waals surface area (Å²) in [6.45, 7) is 6.18. The van der Waals surface area contributed by atoms with Crippen molar-refractivity contribution >= 4 is 23.0 Å². The van der Waals surface area contributed by atoms with Crippen LogP contribution in [0.2, 0.25) is 0 Å². The van der Waals surface area contributed by atoms with Gasteiger partial charge in [-0.2, -0.15) is 13.2 Å². The zero-order valence-electron chi connectivity index (χ0n) is 12.4. The van der Waals surface area contributed by atoms with E-state index in [1.54, 1.807) is 0 Å². The fraction of sp³-hybridized carbons (Fsp3) is 0.188. The van der Waals surface area contributed by atoms with E-state index in [-0.39, 0.29) is 27.8 Å². The molecule has 0 aromatic carbocycles. The van der Waals surface area contributed by atoms with Gasteiger partial charge in [-0.25, -0.2) is 0 Å². The monoisotopic (exact) mass is 343 g/mol. The standard InChI is InChI=1S/C16H13ClF3NO2/c1-9(11(3)22)15(17)21-7-13(12-4-5-23-8-12)6-14(10(21)2)16(18,19)20/h4-8H,2H2,1,3H3/b15-9+. The molecule has 1 aliphatic heterocycles. The molecule has 0 unspecified atom stereocenters. The van der Waals surface area contributed by atoms with Gasteiger partial charge in [0.25, 0.3) is 0 Å². The normalized spacial score (nSPS) is 16.8. The van der Waals surface area contributed by atoms with Crippen LogP contribution in [0.25, 0.3) is 5.57 Å². The van der Waals surface area contributed by atoms with Gasteiger partial charge in [-0.1, -0.05) is 18.2 Å². The van der Waals surface area contributed by atoms with E-state index in [2.05, 4.69) is 6.58 Å². The molecule has 0 spiro atoms. The van der Waals surface area contributed by atoms with Crippen LogP contribution in [0.15, 0.2) is 63.9 Å². The highest BCUT2D eigenvalue weighted by Crippen LogP contribution is 2.40. The first-order valence-corrected chi connectivity index (χ1v) is 6.90. The van der Waals surface area contributed by atoms with Crippen molar-refractivity contribution in [2.45, 2.75) is 20.0 Å². The third-order valence-corrected chi connectivity index (χ3v) is 3.84. The smallest absolute Gasteiger partial charge is 0.418 e. The van der Waals surface area contributed by atoms with Crippen LogP contribution in [0.5, 0.6) is 0 Å². The van der Waals surface area contributed by atoms with Crippen LogP contribution in [-0.2, 0) is 4.79 Å². The van der Waals surface area contributed by atoms with Gasteiger partial charge in [0.1, 0.15) is 5.16 Å². The SMILES string of the molecule is C=C1C(C(F)(F)F)=CC(c2ccoc2)=CN1/C(Cl)=C(\C)C(C)=O. The second-order valence-corrected chi connectivity index (χ2v) is 5.30. The first kappa shape index (κ1) is 17.1. The Morgan fingerprint density at radius 1 is 1.35 bits per heavy atom. The summed E-state index contributed by atoms with van der Waals surface area (Å²) in [6.07, 6.45) is 0.412. The van der Waals surface area contributed by atoms with Gasteiger partial charge in [-0.05, 0) is 26.0 Å². The summed E-state index contributed by atoms with van der Waals surface area (Å²) in [6, 6.07) is 1.53. The zero-order chi connectivity index (χ0) is 17.4. The summed E-state index contributed by atoms with van der Waals surface area (Å²) in [4.78, 5) is 12.5. The lowest BCUT2D eigenvalue weighted by molar-refractivity contribution is -0.113. The topological polar surface area (TPSA) is 33.5 Å². The Balaban J connectivity index is 2.60. The minimum absolute atomic E-state index is 0.127. The molecule has 0 saturated heterocycles. The van der Waals surface area contributed by atoms with Gasteiger partial charge < -0.3 is 9.32 Å². The maximum Gasteiger partial charge on any atom is 0.418 e. The Bertz CT molecular complexity index is 740. The van der Waals surface area contributed by atoms with Crippen molar-refractivity contribution in [3.63, 3.8) is 0 Å². The summed E-state index contributed by atoms with van der Waals surface area (Å²) < 4.78 is 44.7. The lowest BCUT2D eigenvalue weighted by Crippen LogP contribution is -2.26. The van der Waals surface area contributed by atoms with Crippen molar-refractivity contribution in [1.82, 2.24) is 4.90 Å². The van der Waals surface area contributed by atoms with Gasteiger partial charge in [-0.15, -0.1) is 0 Å². The van der Waals surface area contributed by atoms with Gasteiger partial charge >= 0.3 is 6.18 Å². The Labute approximate surface area is 136 Å². The number of hydrogen-bond acceptors (Lipinski definition) is 3. The molecule has 0 fully saturated rings. The number of halogens is 4. The summed E-state index contributed by atoms with van der Waals surface area (Å²) in [5.74, 6) is -0.343. The van der Waals surface area contributed by atoms with E-state index in [9.17, 15) is 18.0 Å². The van der Waals surface area contributed by atoms with Crippen LogP contribution in [0.1, 0.15) is 19.4 Å². The number of allylic oxidation sites excluding steroid dienone is 4. The molecule has 2 heterocycles. The molecule has 7 heteroatoms. The average Bonchev–Trinajstić information content (AvgIpc) is 2.98. The van der Waals surface area contributed by atoms with Crippen molar-refractivity contribution in [3.8, 4) is 0 Å². The van der Waals surface area contributed by atoms with Gasteiger partial charge in [0.15, 0.2) is 5.78 Å². The summed E-state index contributed by atoms with van der Waals surface area (Å²) in [5.41, 5.74) is -0.456. The number of carbonyl (C=O) groups excluding carboxylic acids is 1. The number of carbonyl (C=O) groups is 1. The molecule has 1 aliphatic rings. The van der Waals surface area contributed by atoms with E-state index in [0.717, 1.165) is 11.0 Å². The quantitative estimate of drug-likeness (QED) is 0.572. The molecule has 2 rings (SSSR count). The number of rotatable bonds is 3. The number of furan rings is 1. The lowest BCUT2D eigenvalue weighted by Gasteiger charge is -2.30. The van der Waals surface area contributed by atoms with Crippen LogP contribution in [0.3, 0.4) is 0 Å². The van der Waals surface area contributed by atoms with E-state index >= 15 is 0 Å². The van der Waals surface area contributed by atoms with Crippen molar-refractivity contribution in [1.29, 1.82) is 0 Å². The van der Waals surface area contributed by atoms with E-state index in [0.29, 0.717) is 5.56 Å². The highest BCUT2D eigenvalue weighted by molar-refractivity contribution is 6.31. The van der Waals surface area contributed by atoms with Gasteiger partial charge in [-0.3, -0.25) is 4.79 Å². The summed E-state index contributed by atoms with van der Waals surface area (Å²) in [7, 11) is 0. The highest BCUT2D eigenvalue weighted by atomic mass is 35.5. The fourth-order valence-electron chi connectivity index (χ4n) is 1.96. The fourth-order valence-corrected chi connectivity index (χ4v) is 2.24. The van der Waals surface area contributed by atoms with E-state index in [4.69, 9.17) is 16.0 Å². The van der Waals surface area contributed by atoms with Crippen LogP contribution >= 0.6 is 11.6 Å². The van der Waals surface area contributed by atoms with E-state index in [1.807, 2.05) is 0 Å². The predicted octanol–water partition coefficient (Wildman–Crippen LogP) is 5.00. The van der Waals surface area contributed by atoms with E-state index in [1.165, 1.54) is 38.6 Å². The maximum absolute atomic E-state index is 13.3. The van der Waals surface area contributed by atoms with E-state index < -0.39 is 11.7 Å². The molecule has 3 nitrogen and oxygen atoms in total. The highest BCUT2D eigenvalue weighted by Gasteiger charge is 2.39. The Hall–Kier alpha value is -2.21. The Morgan fingerprint density at radius 3 is 2.48 bits per heavy atom. The Morgan fingerprint density at radius 2 is 2.00 bits per heavy atom. The summed E-state index contributed by atoms with van der Waals surface area (Å²) >= 11 is 6.10. The molecular formula is C16H13ClF3NO2. The lowest BCUT2D eigenvalue weighted by atomic mass is 10.0. The number of nitrogens with zero attached hydrogens (tertiary/aromatic N) is 1. The third kappa shape index (κ3) is 3.42.